The first-order chi connectivity index (χ1) is 20.9. The molecule has 7 nitrogen and oxygen atoms in total. The van der Waals surface area contributed by atoms with Crippen molar-refractivity contribution >= 4 is 40.6 Å². The minimum Gasteiger partial charge on any atom is -0.494 e. The zero-order valence-corrected chi connectivity index (χ0v) is 24.8. The smallest absolute Gasteiger partial charge is 0.326 e. The van der Waals surface area contributed by atoms with Gasteiger partial charge in [-0.05, 0) is 60.9 Å². The van der Waals surface area contributed by atoms with Gasteiger partial charge in [-0.3, -0.25) is 9.59 Å². The molecule has 4 rings (SSSR count). The van der Waals surface area contributed by atoms with E-state index in [1.54, 1.807) is 77.7 Å². The summed E-state index contributed by atoms with van der Waals surface area (Å²) in [6, 6.07) is 29.4. The van der Waals surface area contributed by atoms with Crippen molar-refractivity contribution in [3.05, 3.63) is 125 Å². The molecule has 0 fully saturated rings. The first-order valence-electron chi connectivity index (χ1n) is 14.3. The molecule has 0 aliphatic heterocycles. The number of carboxylic acid groups (broad SMARTS) is 1. The van der Waals surface area contributed by atoms with Gasteiger partial charge in [0.2, 0.25) is 5.91 Å². The minimum atomic E-state index is -1.02. The third kappa shape index (κ3) is 8.93. The van der Waals surface area contributed by atoms with Gasteiger partial charge in [0.1, 0.15) is 11.8 Å². The van der Waals surface area contributed by atoms with E-state index in [9.17, 15) is 19.5 Å². The SMILES string of the molecule is CCCC(=O)N(CCCOc1ccc(C[C@H](Nc2ccccc2C(=O)c2ccccc2)C(=O)O)cc1)c1cccc(Cl)c1. The average molecular weight is 599 g/mol. The Morgan fingerprint density at radius 2 is 1.63 bits per heavy atom. The summed E-state index contributed by atoms with van der Waals surface area (Å²) in [5.41, 5.74) is 2.98. The van der Waals surface area contributed by atoms with Crippen molar-refractivity contribution < 1.29 is 24.2 Å². The number of halogens is 1. The third-order valence-corrected chi connectivity index (χ3v) is 7.11. The zero-order chi connectivity index (χ0) is 30.6. The van der Waals surface area contributed by atoms with Crippen LogP contribution in [0.2, 0.25) is 5.02 Å². The van der Waals surface area contributed by atoms with Crippen LogP contribution in [0, 0.1) is 0 Å². The number of aliphatic carboxylic acids is 1. The Kier molecular flexibility index (Phi) is 11.3. The summed E-state index contributed by atoms with van der Waals surface area (Å²) in [5, 5.41) is 13.6. The van der Waals surface area contributed by atoms with Crippen molar-refractivity contribution in [3.63, 3.8) is 0 Å². The Bertz CT molecular complexity index is 1530. The first-order valence-corrected chi connectivity index (χ1v) is 14.7. The standard InChI is InChI=1S/C35H35ClN2O5/c1-2-10-33(39)38(28-14-8-13-27(36)24-28)21-9-22-43-29-19-17-25(18-20-29)23-32(35(41)42)37-31-16-7-6-15-30(31)34(40)26-11-4-3-5-12-26/h3-8,11-20,24,32,37H,2,9-10,21-23H2,1H3,(H,41,42)/t32-/m0/s1. The average Bonchev–Trinajstić information content (AvgIpc) is 3.02. The van der Waals surface area contributed by atoms with Crippen LogP contribution >= 0.6 is 11.6 Å². The lowest BCUT2D eigenvalue weighted by Gasteiger charge is -2.23. The van der Waals surface area contributed by atoms with Crippen molar-refractivity contribution in [2.45, 2.75) is 38.6 Å². The van der Waals surface area contributed by atoms with E-state index in [4.69, 9.17) is 16.3 Å². The fraction of sp³-hybridized carbons (Fsp3) is 0.229. The molecule has 0 aliphatic rings. The van der Waals surface area contributed by atoms with Crippen molar-refractivity contribution in [2.75, 3.05) is 23.4 Å². The van der Waals surface area contributed by atoms with Gasteiger partial charge in [0.15, 0.2) is 5.78 Å². The second-order valence-electron chi connectivity index (χ2n) is 10.1. The molecule has 0 bridgehead atoms. The van der Waals surface area contributed by atoms with Crippen molar-refractivity contribution in [2.24, 2.45) is 0 Å². The Labute approximate surface area is 257 Å². The number of carbonyl (C=O) groups excluding carboxylic acids is 2. The van der Waals surface area contributed by atoms with E-state index in [1.165, 1.54) is 0 Å². The molecule has 0 saturated carbocycles. The third-order valence-electron chi connectivity index (χ3n) is 6.88. The highest BCUT2D eigenvalue weighted by molar-refractivity contribution is 6.30. The van der Waals surface area contributed by atoms with Crippen LogP contribution in [0.15, 0.2) is 103 Å². The van der Waals surface area contributed by atoms with E-state index in [0.717, 1.165) is 17.7 Å². The molecule has 2 N–H and O–H groups in total. The largest absolute Gasteiger partial charge is 0.494 e. The molecule has 4 aromatic carbocycles. The molecule has 222 valence electrons. The van der Waals surface area contributed by atoms with Crippen LogP contribution < -0.4 is 15.0 Å². The minimum absolute atomic E-state index is 0.0442. The molecule has 0 heterocycles. The fourth-order valence-electron chi connectivity index (χ4n) is 4.70. The lowest BCUT2D eigenvalue weighted by Crippen LogP contribution is -2.32. The number of ketones is 1. The van der Waals surface area contributed by atoms with Gasteiger partial charge >= 0.3 is 5.97 Å². The summed E-state index contributed by atoms with van der Waals surface area (Å²) in [6.07, 6.45) is 2.04. The van der Waals surface area contributed by atoms with Gasteiger partial charge in [-0.2, -0.15) is 0 Å². The molecular weight excluding hydrogens is 564 g/mol. The number of hydrogen-bond donors (Lipinski definition) is 2. The number of amides is 1. The van der Waals surface area contributed by atoms with Gasteiger partial charge in [-0.1, -0.05) is 79.2 Å². The zero-order valence-electron chi connectivity index (χ0n) is 24.0. The number of rotatable bonds is 15. The van der Waals surface area contributed by atoms with E-state index in [1.807, 2.05) is 37.3 Å². The van der Waals surface area contributed by atoms with Crippen molar-refractivity contribution in [3.8, 4) is 5.75 Å². The van der Waals surface area contributed by atoms with E-state index < -0.39 is 12.0 Å². The number of carbonyl (C=O) groups is 3. The van der Waals surface area contributed by atoms with Gasteiger partial charge in [-0.15, -0.1) is 0 Å². The number of carboxylic acids is 1. The fourth-order valence-corrected chi connectivity index (χ4v) is 4.89. The maximum absolute atomic E-state index is 13.1. The number of benzene rings is 4. The lowest BCUT2D eigenvalue weighted by atomic mass is 10.00. The predicted molar refractivity (Wildman–Crippen MR) is 170 cm³/mol. The quantitative estimate of drug-likeness (QED) is 0.110. The first kappa shape index (κ1) is 31.3. The van der Waals surface area contributed by atoms with E-state index >= 15 is 0 Å². The molecule has 0 spiro atoms. The number of nitrogens with zero attached hydrogens (tertiary/aromatic N) is 1. The summed E-state index contributed by atoms with van der Waals surface area (Å²) < 4.78 is 5.91. The summed E-state index contributed by atoms with van der Waals surface area (Å²) in [7, 11) is 0. The van der Waals surface area contributed by atoms with Crippen LogP contribution in [-0.2, 0) is 16.0 Å². The maximum Gasteiger partial charge on any atom is 0.326 e. The molecule has 4 aromatic rings. The second kappa shape index (κ2) is 15.6. The molecule has 0 radical (unpaired) electrons. The maximum atomic E-state index is 13.1. The Balaban J connectivity index is 1.34. The molecule has 0 aromatic heterocycles. The summed E-state index contributed by atoms with van der Waals surface area (Å²) in [4.78, 5) is 39.7. The molecule has 8 heteroatoms. The summed E-state index contributed by atoms with van der Waals surface area (Å²) in [5.74, 6) is -0.511. The molecule has 1 amide bonds. The van der Waals surface area contributed by atoms with Crippen LogP contribution in [0.5, 0.6) is 5.75 Å². The Hall–Kier alpha value is -4.62. The van der Waals surface area contributed by atoms with Crippen LogP contribution in [0.3, 0.4) is 0 Å². The number of hydrogen-bond acceptors (Lipinski definition) is 5. The van der Waals surface area contributed by atoms with Gasteiger partial charge in [0.25, 0.3) is 0 Å². The summed E-state index contributed by atoms with van der Waals surface area (Å²) in [6.45, 7) is 2.88. The predicted octanol–water partition coefficient (Wildman–Crippen LogP) is 7.28. The van der Waals surface area contributed by atoms with Crippen LogP contribution in [0.4, 0.5) is 11.4 Å². The van der Waals surface area contributed by atoms with E-state index in [-0.39, 0.29) is 18.1 Å². The van der Waals surface area contributed by atoms with Gasteiger partial charge in [0.05, 0.1) is 6.61 Å². The summed E-state index contributed by atoms with van der Waals surface area (Å²) >= 11 is 6.14. The molecule has 0 saturated heterocycles. The monoisotopic (exact) mass is 598 g/mol. The van der Waals surface area contributed by atoms with Crippen molar-refractivity contribution in [1.29, 1.82) is 0 Å². The second-order valence-corrected chi connectivity index (χ2v) is 10.5. The Morgan fingerprint density at radius 1 is 0.907 bits per heavy atom. The van der Waals surface area contributed by atoms with Crippen LogP contribution in [-0.4, -0.2) is 42.0 Å². The number of ether oxygens (including phenoxy) is 1. The number of anilines is 2. The highest BCUT2D eigenvalue weighted by Crippen LogP contribution is 2.23. The molecular formula is C35H35ClN2O5. The molecule has 0 aliphatic carbocycles. The van der Waals surface area contributed by atoms with Gasteiger partial charge < -0.3 is 20.1 Å². The highest BCUT2D eigenvalue weighted by Gasteiger charge is 2.21. The molecule has 1 atom stereocenters. The molecule has 43 heavy (non-hydrogen) atoms. The highest BCUT2D eigenvalue weighted by atomic mass is 35.5. The van der Waals surface area contributed by atoms with Crippen LogP contribution in [0.1, 0.15) is 47.7 Å². The van der Waals surface area contributed by atoms with Crippen LogP contribution in [0.25, 0.3) is 0 Å². The van der Waals surface area contributed by atoms with E-state index in [2.05, 4.69) is 5.32 Å². The number of para-hydroxylation sites is 1. The Morgan fingerprint density at radius 3 is 2.33 bits per heavy atom. The number of nitrogens with one attached hydrogen (secondary N) is 1. The van der Waals surface area contributed by atoms with Crippen molar-refractivity contribution in [1.82, 2.24) is 0 Å². The lowest BCUT2D eigenvalue weighted by molar-refractivity contribution is -0.137. The van der Waals surface area contributed by atoms with Gasteiger partial charge in [0, 0.05) is 46.9 Å². The van der Waals surface area contributed by atoms with E-state index in [0.29, 0.717) is 53.6 Å². The topological polar surface area (TPSA) is 95.9 Å². The molecule has 0 unspecified atom stereocenters. The normalized spacial score (nSPS) is 11.4. The van der Waals surface area contributed by atoms with Gasteiger partial charge in [-0.25, -0.2) is 4.79 Å².